The third-order valence-corrected chi connectivity index (χ3v) is 3.67. The summed E-state index contributed by atoms with van der Waals surface area (Å²) in [6, 6.07) is 0. The largest absolute Gasteiger partial charge is 0.319 e. The highest BCUT2D eigenvalue weighted by Gasteiger charge is 2.36. The molecule has 3 nitrogen and oxygen atoms in total. The van der Waals surface area contributed by atoms with Crippen LogP contribution in [0.2, 0.25) is 0 Å². The minimum atomic E-state index is -2.12. The molecule has 0 unspecified atom stereocenters. The second-order valence-electron chi connectivity index (χ2n) is 3.89. The summed E-state index contributed by atoms with van der Waals surface area (Å²) in [5.41, 5.74) is 0.219. The molecule has 1 aliphatic carbocycles. The average molecular weight is 190 g/mol. The monoisotopic (exact) mass is 190 g/mol. The molecule has 0 aromatic carbocycles. The molecule has 0 atom stereocenters. The zero-order valence-corrected chi connectivity index (χ0v) is 8.17. The second kappa shape index (κ2) is 3.49. The molecule has 0 amide bonds. The van der Waals surface area contributed by atoms with E-state index in [4.69, 9.17) is 9.05 Å². The van der Waals surface area contributed by atoms with E-state index in [1.54, 1.807) is 0 Å². The highest BCUT2D eigenvalue weighted by Crippen LogP contribution is 2.45. The van der Waals surface area contributed by atoms with Crippen molar-refractivity contribution >= 4 is 8.25 Å². The molecule has 1 saturated heterocycles. The van der Waals surface area contributed by atoms with Gasteiger partial charge in [-0.15, -0.1) is 0 Å². The van der Waals surface area contributed by atoms with Crippen LogP contribution in [0.15, 0.2) is 0 Å². The predicted octanol–water partition coefficient (Wildman–Crippen LogP) is 2.37. The fourth-order valence-corrected chi connectivity index (χ4v) is 3.03. The van der Waals surface area contributed by atoms with E-state index < -0.39 is 8.25 Å². The van der Waals surface area contributed by atoms with Crippen molar-refractivity contribution in [1.82, 2.24) is 0 Å². The van der Waals surface area contributed by atoms with E-state index in [2.05, 4.69) is 0 Å². The smallest absolute Gasteiger partial charge is 0.310 e. The van der Waals surface area contributed by atoms with Crippen LogP contribution in [-0.2, 0) is 13.6 Å². The van der Waals surface area contributed by atoms with Crippen molar-refractivity contribution in [3.63, 3.8) is 0 Å². The van der Waals surface area contributed by atoms with Gasteiger partial charge in [-0.1, -0.05) is 19.3 Å². The summed E-state index contributed by atoms with van der Waals surface area (Å²) in [7, 11) is -2.12. The molecule has 0 N–H and O–H groups in total. The number of rotatable bonds is 0. The van der Waals surface area contributed by atoms with E-state index in [1.165, 1.54) is 32.1 Å². The van der Waals surface area contributed by atoms with Crippen LogP contribution < -0.4 is 0 Å². The summed E-state index contributed by atoms with van der Waals surface area (Å²) in [5, 5.41) is 0. The molecule has 0 aromatic rings. The zero-order chi connectivity index (χ0) is 8.44. The van der Waals surface area contributed by atoms with Crippen molar-refractivity contribution < 1.29 is 13.6 Å². The molecule has 1 saturated carbocycles. The molecule has 1 heterocycles. The van der Waals surface area contributed by atoms with Crippen molar-refractivity contribution in [3.05, 3.63) is 0 Å². The van der Waals surface area contributed by atoms with Gasteiger partial charge >= 0.3 is 8.25 Å². The van der Waals surface area contributed by atoms with Crippen LogP contribution in [0.1, 0.15) is 32.1 Å². The predicted molar refractivity (Wildman–Crippen MR) is 46.4 cm³/mol. The van der Waals surface area contributed by atoms with Crippen LogP contribution in [0.25, 0.3) is 0 Å². The lowest BCUT2D eigenvalue weighted by Crippen LogP contribution is -2.35. The molecule has 0 aromatic heterocycles. The Kier molecular flexibility index (Phi) is 2.54. The molecule has 2 aliphatic rings. The lowest BCUT2D eigenvalue weighted by molar-refractivity contribution is 0.00142. The molecular formula is C8H15O3P. The minimum absolute atomic E-state index is 0.219. The van der Waals surface area contributed by atoms with Crippen LogP contribution in [0, 0.1) is 5.41 Å². The summed E-state index contributed by atoms with van der Waals surface area (Å²) in [6.07, 6.45) is 6.24. The fourth-order valence-electron chi connectivity index (χ4n) is 2.10. The van der Waals surface area contributed by atoms with Gasteiger partial charge in [-0.25, -0.2) is 0 Å². The van der Waals surface area contributed by atoms with E-state index in [0.717, 1.165) is 0 Å². The molecule has 0 bridgehead atoms. The van der Waals surface area contributed by atoms with Crippen molar-refractivity contribution in [3.8, 4) is 0 Å². The Morgan fingerprint density at radius 3 is 2.17 bits per heavy atom. The van der Waals surface area contributed by atoms with Gasteiger partial charge in [-0.2, -0.15) is 0 Å². The summed E-state index contributed by atoms with van der Waals surface area (Å²) in [6.45, 7) is 1.32. The summed E-state index contributed by atoms with van der Waals surface area (Å²) >= 11 is 0. The Labute approximate surface area is 73.4 Å². The van der Waals surface area contributed by atoms with Gasteiger partial charge in [0, 0.05) is 5.41 Å². The quantitative estimate of drug-likeness (QED) is 0.550. The third kappa shape index (κ3) is 1.73. The minimum Gasteiger partial charge on any atom is -0.310 e. The average Bonchev–Trinajstić information content (AvgIpc) is 2.13. The zero-order valence-electron chi connectivity index (χ0n) is 7.17. The van der Waals surface area contributed by atoms with Crippen LogP contribution in [0.5, 0.6) is 0 Å². The molecule has 0 radical (unpaired) electrons. The highest BCUT2D eigenvalue weighted by atomic mass is 31.1. The molecule has 70 valence electrons. The number of hydrogen-bond donors (Lipinski definition) is 0. The van der Waals surface area contributed by atoms with Gasteiger partial charge in [0.05, 0.1) is 13.2 Å². The van der Waals surface area contributed by atoms with Gasteiger partial charge in [0.25, 0.3) is 0 Å². The molecule has 12 heavy (non-hydrogen) atoms. The van der Waals surface area contributed by atoms with E-state index in [9.17, 15) is 4.57 Å². The molecule has 2 fully saturated rings. The Morgan fingerprint density at radius 2 is 1.58 bits per heavy atom. The maximum atomic E-state index is 10.8. The van der Waals surface area contributed by atoms with Gasteiger partial charge in [0.1, 0.15) is 0 Å². The normalized spacial score (nSPS) is 30.7. The Balaban J connectivity index is 1.96. The summed E-state index contributed by atoms with van der Waals surface area (Å²) in [4.78, 5) is 0. The lowest BCUT2D eigenvalue weighted by atomic mass is 9.75. The number of hydrogen-bond acceptors (Lipinski definition) is 3. The van der Waals surface area contributed by atoms with Gasteiger partial charge < -0.3 is 9.05 Å². The maximum absolute atomic E-state index is 10.8. The first kappa shape index (κ1) is 8.74. The Morgan fingerprint density at radius 1 is 1.00 bits per heavy atom. The molecule has 1 aliphatic heterocycles. The summed E-state index contributed by atoms with van der Waals surface area (Å²) in [5.74, 6) is 0. The first-order chi connectivity index (χ1) is 5.81. The van der Waals surface area contributed by atoms with Crippen LogP contribution >= 0.6 is 8.25 Å². The third-order valence-electron chi connectivity index (χ3n) is 2.91. The molecule has 2 rings (SSSR count). The lowest BCUT2D eigenvalue weighted by Gasteiger charge is -2.39. The van der Waals surface area contributed by atoms with Crippen molar-refractivity contribution in [2.45, 2.75) is 32.1 Å². The van der Waals surface area contributed by atoms with Gasteiger partial charge in [0.2, 0.25) is 0 Å². The molecule has 1 spiro atoms. The first-order valence-corrected chi connectivity index (χ1v) is 5.83. The first-order valence-electron chi connectivity index (χ1n) is 4.60. The van der Waals surface area contributed by atoms with E-state index in [1.807, 2.05) is 0 Å². The SMILES string of the molecule is O=[PH]1OCC2(CCCCC2)CO1. The van der Waals surface area contributed by atoms with E-state index >= 15 is 0 Å². The molecular weight excluding hydrogens is 175 g/mol. The van der Waals surface area contributed by atoms with Crippen LogP contribution in [0.4, 0.5) is 0 Å². The van der Waals surface area contributed by atoms with Crippen LogP contribution in [-0.4, -0.2) is 13.2 Å². The highest BCUT2D eigenvalue weighted by molar-refractivity contribution is 7.33. The maximum Gasteiger partial charge on any atom is 0.319 e. The topological polar surface area (TPSA) is 35.5 Å². The van der Waals surface area contributed by atoms with Gasteiger partial charge in [-0.3, -0.25) is 4.57 Å². The van der Waals surface area contributed by atoms with Gasteiger partial charge in [0.15, 0.2) is 0 Å². The van der Waals surface area contributed by atoms with E-state index in [0.29, 0.717) is 13.2 Å². The van der Waals surface area contributed by atoms with Crippen molar-refractivity contribution in [2.24, 2.45) is 5.41 Å². The molecule has 4 heteroatoms. The van der Waals surface area contributed by atoms with Crippen molar-refractivity contribution in [2.75, 3.05) is 13.2 Å². The Bertz CT molecular complexity index is 175. The fraction of sp³-hybridized carbons (Fsp3) is 1.00. The Hall–Kier alpha value is 0.150. The van der Waals surface area contributed by atoms with E-state index in [-0.39, 0.29) is 5.41 Å². The second-order valence-corrected chi connectivity index (χ2v) is 4.97. The van der Waals surface area contributed by atoms with Gasteiger partial charge in [-0.05, 0) is 12.8 Å². The van der Waals surface area contributed by atoms with Crippen LogP contribution in [0.3, 0.4) is 0 Å². The standard InChI is InChI=1S/C8H15O3P/c9-12-10-6-8(7-11-12)4-2-1-3-5-8/h12H,1-7H2. The summed E-state index contributed by atoms with van der Waals surface area (Å²) < 4.78 is 21.0. The van der Waals surface area contributed by atoms with Crippen molar-refractivity contribution in [1.29, 1.82) is 0 Å².